The second-order valence-electron chi connectivity index (χ2n) is 8.20. The number of anilines is 3. The van der Waals surface area contributed by atoms with Crippen LogP contribution in [-0.2, 0) is 16.2 Å². The van der Waals surface area contributed by atoms with E-state index in [1.54, 1.807) is 36.4 Å². The molecular formula is C27H22F3N3O3S. The van der Waals surface area contributed by atoms with Gasteiger partial charge in [-0.05, 0) is 55.0 Å². The second-order valence-corrected chi connectivity index (χ2v) is 9.89. The maximum atomic E-state index is 13.0. The summed E-state index contributed by atoms with van der Waals surface area (Å²) in [5, 5.41) is 4.96. The molecule has 4 aromatic carbocycles. The first-order valence-corrected chi connectivity index (χ1v) is 12.5. The van der Waals surface area contributed by atoms with Gasteiger partial charge in [-0.15, -0.1) is 0 Å². The van der Waals surface area contributed by atoms with Gasteiger partial charge < -0.3 is 10.6 Å². The van der Waals surface area contributed by atoms with Gasteiger partial charge >= 0.3 is 12.2 Å². The topological polar surface area (TPSA) is 87.3 Å². The van der Waals surface area contributed by atoms with Crippen molar-refractivity contribution in [3.05, 3.63) is 108 Å². The third-order valence-corrected chi connectivity index (χ3v) is 6.76. The maximum absolute atomic E-state index is 13.0. The predicted octanol–water partition coefficient (Wildman–Crippen LogP) is 7.13. The van der Waals surface area contributed by atoms with Crippen molar-refractivity contribution < 1.29 is 26.4 Å². The number of benzene rings is 4. The Balaban J connectivity index is 1.67. The zero-order valence-corrected chi connectivity index (χ0v) is 20.3. The van der Waals surface area contributed by atoms with E-state index in [0.717, 1.165) is 17.7 Å². The number of para-hydroxylation sites is 1. The number of alkyl halides is 3. The van der Waals surface area contributed by atoms with Crippen molar-refractivity contribution in [3.8, 4) is 11.1 Å². The first-order chi connectivity index (χ1) is 17.5. The van der Waals surface area contributed by atoms with E-state index in [1.807, 2.05) is 31.2 Å². The van der Waals surface area contributed by atoms with Gasteiger partial charge in [0.1, 0.15) is 0 Å². The summed E-state index contributed by atoms with van der Waals surface area (Å²) in [6.07, 6.45) is -4.57. The van der Waals surface area contributed by atoms with E-state index in [9.17, 15) is 26.4 Å². The number of rotatable bonds is 6. The van der Waals surface area contributed by atoms with Crippen LogP contribution < -0.4 is 15.4 Å². The Morgan fingerprint density at radius 3 is 2.11 bits per heavy atom. The van der Waals surface area contributed by atoms with Crippen LogP contribution in [0.5, 0.6) is 0 Å². The summed E-state index contributed by atoms with van der Waals surface area (Å²) in [6.45, 7) is 1.91. The lowest BCUT2D eigenvalue weighted by Crippen LogP contribution is -2.21. The molecule has 0 aromatic heterocycles. The number of nitrogens with one attached hydrogen (secondary N) is 3. The maximum Gasteiger partial charge on any atom is 0.416 e. The van der Waals surface area contributed by atoms with Gasteiger partial charge in [-0.25, -0.2) is 13.2 Å². The second kappa shape index (κ2) is 10.4. The van der Waals surface area contributed by atoms with Crippen LogP contribution >= 0.6 is 0 Å². The molecule has 0 heterocycles. The Bertz CT molecular complexity index is 1520. The molecule has 0 fully saturated rings. The molecule has 0 aliphatic heterocycles. The molecule has 3 N–H and O–H groups in total. The van der Waals surface area contributed by atoms with Crippen molar-refractivity contribution in [1.82, 2.24) is 0 Å². The van der Waals surface area contributed by atoms with Gasteiger partial charge in [-0.2, -0.15) is 13.2 Å². The summed E-state index contributed by atoms with van der Waals surface area (Å²) in [4.78, 5) is 12.7. The monoisotopic (exact) mass is 525 g/mol. The predicted molar refractivity (Wildman–Crippen MR) is 138 cm³/mol. The summed E-state index contributed by atoms with van der Waals surface area (Å²) >= 11 is 0. The quantitative estimate of drug-likeness (QED) is 0.250. The van der Waals surface area contributed by atoms with Gasteiger partial charge in [0.25, 0.3) is 10.0 Å². The Morgan fingerprint density at radius 2 is 1.43 bits per heavy atom. The zero-order valence-electron chi connectivity index (χ0n) is 19.5. The molecule has 37 heavy (non-hydrogen) atoms. The van der Waals surface area contributed by atoms with Crippen molar-refractivity contribution in [2.75, 3.05) is 15.4 Å². The highest BCUT2D eigenvalue weighted by atomic mass is 32.2. The van der Waals surface area contributed by atoms with Crippen molar-refractivity contribution in [3.63, 3.8) is 0 Å². The highest BCUT2D eigenvalue weighted by Crippen LogP contribution is 2.33. The fourth-order valence-electron chi connectivity index (χ4n) is 3.56. The summed E-state index contributed by atoms with van der Waals surface area (Å²) in [7, 11) is -4.00. The number of carbonyl (C=O) groups excluding carboxylic acids is 1. The molecule has 0 atom stereocenters. The minimum absolute atomic E-state index is 0.0706. The van der Waals surface area contributed by atoms with Crippen molar-refractivity contribution >= 4 is 33.1 Å². The molecule has 0 aliphatic rings. The van der Waals surface area contributed by atoms with Crippen LogP contribution in [0.3, 0.4) is 0 Å². The van der Waals surface area contributed by atoms with E-state index in [-0.39, 0.29) is 16.3 Å². The van der Waals surface area contributed by atoms with Gasteiger partial charge in [-0.1, -0.05) is 60.2 Å². The van der Waals surface area contributed by atoms with Crippen LogP contribution in [0.1, 0.15) is 11.1 Å². The van der Waals surface area contributed by atoms with Crippen LogP contribution in [0, 0.1) is 6.92 Å². The summed E-state index contributed by atoms with van der Waals surface area (Å²) in [6, 6.07) is 23.3. The molecule has 4 aromatic rings. The molecule has 2 amide bonds. The average molecular weight is 526 g/mol. The molecule has 0 saturated carbocycles. The Morgan fingerprint density at radius 1 is 0.757 bits per heavy atom. The first kappa shape index (κ1) is 25.8. The van der Waals surface area contributed by atoms with Crippen LogP contribution in [0.4, 0.5) is 35.0 Å². The minimum Gasteiger partial charge on any atom is -0.308 e. The highest BCUT2D eigenvalue weighted by Gasteiger charge is 2.30. The van der Waals surface area contributed by atoms with Gasteiger partial charge in [0.15, 0.2) is 0 Å². The number of sulfonamides is 1. The van der Waals surface area contributed by atoms with Crippen LogP contribution in [0.25, 0.3) is 11.1 Å². The van der Waals surface area contributed by atoms with Crippen LogP contribution in [0.2, 0.25) is 0 Å². The lowest BCUT2D eigenvalue weighted by molar-refractivity contribution is -0.137. The van der Waals surface area contributed by atoms with Gasteiger partial charge in [0.05, 0.1) is 16.1 Å². The molecular weight excluding hydrogens is 503 g/mol. The van der Waals surface area contributed by atoms with E-state index in [2.05, 4.69) is 15.4 Å². The number of halogens is 3. The number of amides is 2. The number of carbonyl (C=O) groups is 1. The largest absolute Gasteiger partial charge is 0.416 e. The summed E-state index contributed by atoms with van der Waals surface area (Å²) in [5.41, 5.74) is 1.78. The van der Waals surface area contributed by atoms with Gasteiger partial charge in [-0.3, -0.25) is 4.72 Å². The van der Waals surface area contributed by atoms with E-state index >= 15 is 0 Å². The SMILES string of the molecule is Cc1ccc(-c2ccc(S(=O)(=O)Nc3ccccc3)cc2NC(=O)Nc2cccc(C(F)(F)F)c2)cc1. The molecule has 4 rings (SSSR count). The summed E-state index contributed by atoms with van der Waals surface area (Å²) in [5.74, 6) is 0. The third-order valence-electron chi connectivity index (χ3n) is 5.39. The van der Waals surface area contributed by atoms with E-state index in [0.29, 0.717) is 16.8 Å². The van der Waals surface area contributed by atoms with Crippen molar-refractivity contribution in [2.45, 2.75) is 18.0 Å². The van der Waals surface area contributed by atoms with Crippen molar-refractivity contribution in [1.29, 1.82) is 0 Å². The molecule has 0 bridgehead atoms. The fourth-order valence-corrected chi connectivity index (χ4v) is 4.64. The molecule has 190 valence electrons. The first-order valence-electron chi connectivity index (χ1n) is 11.1. The molecule has 0 radical (unpaired) electrons. The standard InChI is InChI=1S/C27H22F3N3O3S/c1-18-10-12-19(13-11-18)24-15-14-23(37(35,36)33-21-7-3-2-4-8-21)17-25(24)32-26(34)31-22-9-5-6-20(16-22)27(28,29)30/h2-17,33H,1H3,(H2,31,32,34). The molecule has 10 heteroatoms. The smallest absolute Gasteiger partial charge is 0.308 e. The Hall–Kier alpha value is -4.31. The third kappa shape index (κ3) is 6.47. The Labute approximate surface area is 212 Å². The molecule has 6 nitrogen and oxygen atoms in total. The lowest BCUT2D eigenvalue weighted by atomic mass is 10.0. The van der Waals surface area contributed by atoms with Crippen molar-refractivity contribution in [2.24, 2.45) is 0 Å². The van der Waals surface area contributed by atoms with Gasteiger partial charge in [0.2, 0.25) is 0 Å². The number of aryl methyl sites for hydroxylation is 1. The number of urea groups is 1. The average Bonchev–Trinajstić information content (AvgIpc) is 2.84. The van der Waals surface area contributed by atoms with Crippen LogP contribution in [0.15, 0.2) is 102 Å². The van der Waals surface area contributed by atoms with E-state index < -0.39 is 27.8 Å². The zero-order chi connectivity index (χ0) is 26.6. The summed E-state index contributed by atoms with van der Waals surface area (Å²) < 4.78 is 67.6. The molecule has 0 unspecified atom stereocenters. The van der Waals surface area contributed by atoms with E-state index in [4.69, 9.17) is 0 Å². The minimum atomic E-state index is -4.57. The highest BCUT2D eigenvalue weighted by molar-refractivity contribution is 7.92. The number of hydrogen-bond acceptors (Lipinski definition) is 3. The van der Waals surface area contributed by atoms with Gasteiger partial charge in [0, 0.05) is 16.9 Å². The molecule has 0 saturated heterocycles. The Kier molecular flexibility index (Phi) is 7.21. The molecule has 0 spiro atoms. The van der Waals surface area contributed by atoms with E-state index in [1.165, 1.54) is 24.3 Å². The molecule has 0 aliphatic carbocycles. The fraction of sp³-hybridized carbons (Fsp3) is 0.0741. The normalized spacial score (nSPS) is 11.6. The number of hydrogen-bond donors (Lipinski definition) is 3. The lowest BCUT2D eigenvalue weighted by Gasteiger charge is -2.16. The van der Waals surface area contributed by atoms with Crippen LogP contribution in [-0.4, -0.2) is 14.4 Å².